The first kappa shape index (κ1) is 23.8. The van der Waals surface area contributed by atoms with Crippen molar-refractivity contribution in [1.29, 1.82) is 0 Å². The quantitative estimate of drug-likeness (QED) is 0.476. The second kappa shape index (κ2) is 10.7. The van der Waals surface area contributed by atoms with Gasteiger partial charge in [-0.25, -0.2) is 4.39 Å². The molecule has 0 bridgehead atoms. The van der Waals surface area contributed by atoms with Crippen LogP contribution in [-0.4, -0.2) is 55.4 Å². The molecule has 3 aromatic rings. The number of benzene rings is 2. The summed E-state index contributed by atoms with van der Waals surface area (Å²) in [6.07, 6.45) is 0.753. The third-order valence-corrected chi connectivity index (χ3v) is 6.22. The molecule has 2 aromatic carbocycles. The van der Waals surface area contributed by atoms with Crippen LogP contribution >= 0.6 is 0 Å². The lowest BCUT2D eigenvalue weighted by molar-refractivity contribution is 0.0671. The van der Waals surface area contributed by atoms with E-state index in [4.69, 9.17) is 14.0 Å². The molecule has 2 heterocycles. The molecule has 34 heavy (non-hydrogen) atoms. The molecular formula is C26H30FN3O4. The van der Waals surface area contributed by atoms with Crippen molar-refractivity contribution in [3.63, 3.8) is 0 Å². The van der Waals surface area contributed by atoms with Crippen LogP contribution < -0.4 is 9.64 Å². The fourth-order valence-electron chi connectivity index (χ4n) is 4.06. The number of nitrogens with zero attached hydrogens (tertiary/aromatic N) is 3. The molecular weight excluding hydrogens is 437 g/mol. The van der Waals surface area contributed by atoms with Gasteiger partial charge in [0.2, 0.25) is 5.88 Å². The van der Waals surface area contributed by atoms with Crippen LogP contribution in [0.5, 0.6) is 5.75 Å². The lowest BCUT2D eigenvalue weighted by Crippen LogP contribution is -2.39. The average molecular weight is 468 g/mol. The van der Waals surface area contributed by atoms with Crippen molar-refractivity contribution >= 4 is 11.8 Å². The van der Waals surface area contributed by atoms with Gasteiger partial charge in [-0.2, -0.15) is 0 Å². The van der Waals surface area contributed by atoms with Crippen molar-refractivity contribution in [1.82, 2.24) is 10.1 Å². The lowest BCUT2D eigenvalue weighted by atomic mass is 10.0. The Hall–Kier alpha value is -3.39. The second-order valence-corrected chi connectivity index (χ2v) is 8.32. The van der Waals surface area contributed by atoms with E-state index in [1.54, 1.807) is 54.5 Å². The van der Waals surface area contributed by atoms with Gasteiger partial charge in [0.15, 0.2) is 0 Å². The predicted octanol–water partition coefficient (Wildman–Crippen LogP) is 4.77. The molecule has 4 rings (SSSR count). The minimum Gasteiger partial charge on any atom is -0.497 e. The zero-order valence-corrected chi connectivity index (χ0v) is 19.8. The zero-order chi connectivity index (χ0) is 24.1. The maximum atomic E-state index is 14.8. The van der Waals surface area contributed by atoms with Crippen LogP contribution in [0, 0.1) is 5.82 Å². The number of carbonyl (C=O) groups is 1. The molecule has 0 saturated carbocycles. The first-order valence-corrected chi connectivity index (χ1v) is 11.5. The number of rotatable bonds is 8. The molecule has 8 heteroatoms. The minimum atomic E-state index is -0.389. The SMILES string of the molecule is CCC(C)N(Cc1c(-c2ccccc2F)noc1N1CCOCC1)C(=O)c1cccc(OC)c1. The number of ether oxygens (including phenoxy) is 2. The average Bonchev–Trinajstić information content (AvgIpc) is 3.30. The van der Waals surface area contributed by atoms with Crippen molar-refractivity contribution in [2.24, 2.45) is 0 Å². The molecule has 1 amide bonds. The van der Waals surface area contributed by atoms with E-state index in [1.165, 1.54) is 6.07 Å². The summed E-state index contributed by atoms with van der Waals surface area (Å²) in [5.41, 5.74) is 1.96. The van der Waals surface area contributed by atoms with Crippen LogP contribution in [0.15, 0.2) is 53.1 Å². The summed E-state index contributed by atoms with van der Waals surface area (Å²) < 4.78 is 31.3. The number of anilines is 1. The summed E-state index contributed by atoms with van der Waals surface area (Å²) in [5, 5.41) is 4.26. The van der Waals surface area contributed by atoms with E-state index in [1.807, 2.05) is 18.7 Å². The highest BCUT2D eigenvalue weighted by atomic mass is 19.1. The Morgan fingerprint density at radius 3 is 2.68 bits per heavy atom. The Morgan fingerprint density at radius 1 is 1.21 bits per heavy atom. The Kier molecular flexibility index (Phi) is 7.47. The van der Waals surface area contributed by atoms with Gasteiger partial charge in [0.05, 0.1) is 32.4 Å². The van der Waals surface area contributed by atoms with Crippen LogP contribution in [0.1, 0.15) is 36.2 Å². The van der Waals surface area contributed by atoms with Gasteiger partial charge in [0.1, 0.15) is 17.3 Å². The van der Waals surface area contributed by atoms with Crippen molar-refractivity contribution in [2.75, 3.05) is 38.3 Å². The number of halogens is 1. The maximum absolute atomic E-state index is 14.8. The first-order chi connectivity index (χ1) is 16.5. The van der Waals surface area contributed by atoms with Gasteiger partial charge >= 0.3 is 0 Å². The van der Waals surface area contributed by atoms with E-state index in [0.717, 1.165) is 6.42 Å². The summed E-state index contributed by atoms with van der Waals surface area (Å²) in [4.78, 5) is 17.5. The molecule has 1 unspecified atom stereocenters. The van der Waals surface area contributed by atoms with E-state index in [2.05, 4.69) is 5.16 Å². The molecule has 1 aliphatic rings. The van der Waals surface area contributed by atoms with E-state index >= 15 is 0 Å². The van der Waals surface area contributed by atoms with Crippen molar-refractivity contribution in [3.05, 3.63) is 65.5 Å². The van der Waals surface area contributed by atoms with Gasteiger partial charge in [-0.15, -0.1) is 0 Å². The van der Waals surface area contributed by atoms with Gasteiger partial charge in [-0.1, -0.05) is 30.3 Å². The van der Waals surface area contributed by atoms with Crippen molar-refractivity contribution < 1.29 is 23.2 Å². The van der Waals surface area contributed by atoms with Crippen LogP contribution in [0.3, 0.4) is 0 Å². The highest BCUT2D eigenvalue weighted by Crippen LogP contribution is 2.35. The van der Waals surface area contributed by atoms with Gasteiger partial charge in [0, 0.05) is 30.3 Å². The predicted molar refractivity (Wildman–Crippen MR) is 128 cm³/mol. The number of methoxy groups -OCH3 is 1. The van der Waals surface area contributed by atoms with Gasteiger partial charge in [-0.05, 0) is 43.7 Å². The Balaban J connectivity index is 1.77. The normalized spacial score (nSPS) is 14.6. The number of aromatic nitrogens is 1. The van der Waals surface area contributed by atoms with Gasteiger partial charge < -0.3 is 23.8 Å². The maximum Gasteiger partial charge on any atom is 0.254 e. The fraction of sp³-hybridized carbons (Fsp3) is 0.385. The number of hydrogen-bond donors (Lipinski definition) is 0. The number of hydrogen-bond acceptors (Lipinski definition) is 6. The van der Waals surface area contributed by atoms with Crippen LogP contribution in [0.25, 0.3) is 11.3 Å². The van der Waals surface area contributed by atoms with Crippen LogP contribution in [-0.2, 0) is 11.3 Å². The Morgan fingerprint density at radius 2 is 1.97 bits per heavy atom. The van der Waals surface area contributed by atoms with Gasteiger partial charge in [-0.3, -0.25) is 4.79 Å². The van der Waals surface area contributed by atoms with Crippen molar-refractivity contribution in [2.45, 2.75) is 32.9 Å². The molecule has 1 fully saturated rings. The fourth-order valence-corrected chi connectivity index (χ4v) is 4.06. The molecule has 1 aromatic heterocycles. The number of amides is 1. The summed E-state index contributed by atoms with van der Waals surface area (Å²) >= 11 is 0. The first-order valence-electron chi connectivity index (χ1n) is 11.5. The Bertz CT molecular complexity index is 1130. The van der Waals surface area contributed by atoms with E-state index in [-0.39, 0.29) is 24.3 Å². The largest absolute Gasteiger partial charge is 0.497 e. The second-order valence-electron chi connectivity index (χ2n) is 8.32. The van der Waals surface area contributed by atoms with E-state index in [0.29, 0.717) is 60.3 Å². The third-order valence-electron chi connectivity index (χ3n) is 6.22. The molecule has 7 nitrogen and oxygen atoms in total. The summed E-state index contributed by atoms with van der Waals surface area (Å²) in [6.45, 7) is 6.65. The van der Waals surface area contributed by atoms with Crippen LogP contribution in [0.2, 0.25) is 0 Å². The standard InChI is InChI=1S/C26H30FN3O4/c1-4-18(2)30(25(31)19-8-7-9-20(16-19)32-3)17-22-24(21-10-5-6-11-23(21)27)28-34-26(22)29-12-14-33-15-13-29/h5-11,16,18H,4,12-15,17H2,1-3H3. The van der Waals surface area contributed by atoms with E-state index < -0.39 is 0 Å². The highest BCUT2D eigenvalue weighted by Gasteiger charge is 2.30. The summed E-state index contributed by atoms with van der Waals surface area (Å²) in [6, 6.07) is 13.5. The lowest BCUT2D eigenvalue weighted by Gasteiger charge is -2.31. The molecule has 0 radical (unpaired) electrons. The number of morpholine rings is 1. The summed E-state index contributed by atoms with van der Waals surface area (Å²) in [5.74, 6) is 0.635. The molecule has 180 valence electrons. The van der Waals surface area contributed by atoms with E-state index in [9.17, 15) is 9.18 Å². The Labute approximate surface area is 199 Å². The monoisotopic (exact) mass is 467 g/mol. The highest BCUT2D eigenvalue weighted by molar-refractivity contribution is 5.95. The molecule has 1 atom stereocenters. The molecule has 1 aliphatic heterocycles. The molecule has 0 aliphatic carbocycles. The molecule has 1 saturated heterocycles. The van der Waals surface area contributed by atoms with Crippen molar-refractivity contribution in [3.8, 4) is 17.0 Å². The zero-order valence-electron chi connectivity index (χ0n) is 19.8. The number of carbonyl (C=O) groups excluding carboxylic acids is 1. The topological polar surface area (TPSA) is 68.0 Å². The summed E-state index contributed by atoms with van der Waals surface area (Å²) in [7, 11) is 1.57. The molecule has 0 N–H and O–H groups in total. The minimum absolute atomic E-state index is 0.0698. The van der Waals surface area contributed by atoms with Crippen LogP contribution in [0.4, 0.5) is 10.3 Å². The smallest absolute Gasteiger partial charge is 0.254 e. The van der Waals surface area contributed by atoms with Gasteiger partial charge in [0.25, 0.3) is 5.91 Å². The molecule has 0 spiro atoms. The third kappa shape index (κ3) is 4.92.